The number of carbonyl (C=O) groups excluding carboxylic acids is 1. The summed E-state index contributed by atoms with van der Waals surface area (Å²) in [7, 11) is -1.18. The molecule has 166 valence electrons. The molecule has 0 bridgehead atoms. The summed E-state index contributed by atoms with van der Waals surface area (Å²) >= 11 is 3.81. The number of hydrogen-bond donors (Lipinski definition) is 0. The highest BCUT2D eigenvalue weighted by molar-refractivity contribution is 9.09. The van der Waals surface area contributed by atoms with Crippen molar-refractivity contribution in [1.82, 2.24) is 15.0 Å². The third kappa shape index (κ3) is 6.24. The van der Waals surface area contributed by atoms with Crippen molar-refractivity contribution in [2.75, 3.05) is 13.2 Å². The van der Waals surface area contributed by atoms with Crippen LogP contribution >= 0.6 is 15.9 Å². The van der Waals surface area contributed by atoms with Gasteiger partial charge in [0.25, 0.3) is 0 Å². The Morgan fingerprint density at radius 2 is 1.97 bits per heavy atom. The van der Waals surface area contributed by atoms with Crippen molar-refractivity contribution in [2.24, 2.45) is 0 Å². The molecule has 1 atom stereocenters. The van der Waals surface area contributed by atoms with Gasteiger partial charge < -0.3 is 9.47 Å². The second kappa shape index (κ2) is 10.1. The summed E-state index contributed by atoms with van der Waals surface area (Å²) in [6.45, 7) is 9.84. The Kier molecular flexibility index (Phi) is 7.67. The fourth-order valence-corrected chi connectivity index (χ4v) is 4.50. The van der Waals surface area contributed by atoms with Crippen LogP contribution in [0.15, 0.2) is 48.6 Å². The Morgan fingerprint density at radius 3 is 2.58 bits per heavy atom. The number of nitrogens with zero attached hydrogens (tertiary/aromatic N) is 3. The van der Waals surface area contributed by atoms with Gasteiger partial charge >= 0.3 is 5.97 Å². The normalized spacial score (nSPS) is 18.7. The smallest absolute Gasteiger partial charge is 0.360 e. The van der Waals surface area contributed by atoms with Crippen LogP contribution in [-0.2, 0) is 20.5 Å². The summed E-state index contributed by atoms with van der Waals surface area (Å²) in [6.07, 6.45) is 6.85. The van der Waals surface area contributed by atoms with Gasteiger partial charge in [-0.3, -0.25) is 0 Å². The molecule has 8 heteroatoms. The molecule has 0 aliphatic heterocycles. The van der Waals surface area contributed by atoms with Crippen LogP contribution in [0, 0.1) is 0 Å². The molecule has 6 nitrogen and oxygen atoms in total. The molecular weight excluding hydrogens is 474 g/mol. The number of allylic oxidation sites excluding steroid dienone is 4. The Bertz CT molecular complexity index is 966. The first-order valence-corrected chi connectivity index (χ1v) is 15.1. The van der Waals surface area contributed by atoms with E-state index in [1.807, 2.05) is 30.4 Å². The van der Waals surface area contributed by atoms with E-state index in [4.69, 9.17) is 9.47 Å². The van der Waals surface area contributed by atoms with Gasteiger partial charge in [-0.15, -0.1) is 5.10 Å². The number of benzene rings is 1. The van der Waals surface area contributed by atoms with Gasteiger partial charge in [0.15, 0.2) is 12.4 Å². The molecule has 0 N–H and O–H groups in total. The lowest BCUT2D eigenvalue weighted by Gasteiger charge is -2.24. The van der Waals surface area contributed by atoms with E-state index in [2.05, 4.69) is 64.0 Å². The van der Waals surface area contributed by atoms with Crippen molar-refractivity contribution < 1.29 is 14.3 Å². The second-order valence-electron chi connectivity index (χ2n) is 8.76. The number of carbonyl (C=O) groups is 1. The van der Waals surface area contributed by atoms with Gasteiger partial charge in [-0.25, -0.2) is 4.79 Å². The summed E-state index contributed by atoms with van der Waals surface area (Å²) < 4.78 is 10.4. The van der Waals surface area contributed by atoms with E-state index in [0.29, 0.717) is 18.7 Å². The van der Waals surface area contributed by atoms with Crippen LogP contribution in [-0.4, -0.2) is 42.3 Å². The van der Waals surface area contributed by atoms with E-state index in [-0.39, 0.29) is 19.0 Å². The van der Waals surface area contributed by atoms with Crippen LogP contribution in [0.3, 0.4) is 0 Å². The lowest BCUT2D eigenvalue weighted by molar-refractivity contribution is 0.0506. The third-order valence-corrected chi connectivity index (χ3v) is 7.64. The third-order valence-electron chi connectivity index (χ3n) is 4.97. The fraction of sp³-hybridized carbons (Fsp3) is 0.435. The molecule has 1 aliphatic rings. The molecule has 0 saturated heterocycles. The van der Waals surface area contributed by atoms with Crippen molar-refractivity contribution in [3.63, 3.8) is 0 Å². The first-order chi connectivity index (χ1) is 14.7. The van der Waals surface area contributed by atoms with Gasteiger partial charge in [0.1, 0.15) is 5.69 Å². The highest BCUT2D eigenvalue weighted by Crippen LogP contribution is 2.42. The van der Waals surface area contributed by atoms with Gasteiger partial charge in [-0.1, -0.05) is 84.1 Å². The maximum Gasteiger partial charge on any atom is 0.360 e. The standard InChI is InChI=1S/C23H30BrN3O3Si/c1-5-30-22(28)20-21(26-27(25-20)17-29-15-16-31(2,3)4)23(24)13-11-19(12-14-23)18-9-7-6-8-10-18/h6-13H,5,14-17H2,1-4H3. The molecule has 1 heterocycles. The Hall–Kier alpha value is -2.03. The number of aromatic nitrogens is 3. The molecule has 0 radical (unpaired) electrons. The first kappa shape index (κ1) is 23.6. The minimum Gasteiger partial charge on any atom is -0.461 e. The first-order valence-electron chi connectivity index (χ1n) is 10.6. The molecule has 0 spiro atoms. The topological polar surface area (TPSA) is 66.2 Å². The fourth-order valence-electron chi connectivity index (χ4n) is 3.18. The molecule has 1 unspecified atom stereocenters. The van der Waals surface area contributed by atoms with Gasteiger partial charge in [0.05, 0.1) is 10.9 Å². The average Bonchev–Trinajstić information content (AvgIpc) is 3.17. The molecule has 0 amide bonds. The zero-order chi connectivity index (χ0) is 22.5. The molecular formula is C23H30BrN3O3Si. The van der Waals surface area contributed by atoms with Crippen molar-refractivity contribution in [3.05, 3.63) is 65.5 Å². The van der Waals surface area contributed by atoms with Crippen molar-refractivity contribution in [2.45, 2.75) is 50.1 Å². The zero-order valence-electron chi connectivity index (χ0n) is 18.6. The molecule has 1 aromatic heterocycles. The largest absolute Gasteiger partial charge is 0.461 e. The van der Waals surface area contributed by atoms with Crippen LogP contribution in [0.5, 0.6) is 0 Å². The van der Waals surface area contributed by atoms with E-state index in [9.17, 15) is 4.79 Å². The molecule has 1 aromatic carbocycles. The lowest BCUT2D eigenvalue weighted by atomic mass is 9.90. The molecule has 2 aromatic rings. The average molecular weight is 505 g/mol. The Morgan fingerprint density at radius 1 is 1.23 bits per heavy atom. The predicted octanol–water partition coefficient (Wildman–Crippen LogP) is 5.40. The molecule has 1 aliphatic carbocycles. The number of ether oxygens (including phenoxy) is 2. The predicted molar refractivity (Wildman–Crippen MR) is 129 cm³/mol. The van der Waals surface area contributed by atoms with Crippen LogP contribution in [0.2, 0.25) is 25.7 Å². The number of esters is 1. The quantitative estimate of drug-likeness (QED) is 0.198. The summed E-state index contributed by atoms with van der Waals surface area (Å²) in [4.78, 5) is 14.0. The lowest BCUT2D eigenvalue weighted by Crippen LogP contribution is -2.22. The second-order valence-corrected chi connectivity index (χ2v) is 15.8. The number of alkyl halides is 1. The van der Waals surface area contributed by atoms with Crippen LogP contribution in [0.4, 0.5) is 0 Å². The van der Waals surface area contributed by atoms with E-state index >= 15 is 0 Å². The van der Waals surface area contributed by atoms with E-state index in [1.54, 1.807) is 6.92 Å². The summed E-state index contributed by atoms with van der Waals surface area (Å²) in [5.74, 6) is -0.476. The molecule has 31 heavy (non-hydrogen) atoms. The Labute approximate surface area is 193 Å². The van der Waals surface area contributed by atoms with Crippen molar-refractivity contribution >= 4 is 35.5 Å². The maximum atomic E-state index is 12.6. The minimum absolute atomic E-state index is 0.203. The highest BCUT2D eigenvalue weighted by Gasteiger charge is 2.37. The SMILES string of the molecule is CCOC(=O)c1nn(COCC[Si](C)(C)C)nc1C1(Br)C=CC(c2ccccc2)=CC1. The van der Waals surface area contributed by atoms with E-state index in [1.165, 1.54) is 4.80 Å². The molecule has 0 saturated carbocycles. The van der Waals surface area contributed by atoms with Crippen LogP contribution in [0.25, 0.3) is 5.57 Å². The maximum absolute atomic E-state index is 12.6. The van der Waals surface area contributed by atoms with Crippen LogP contribution in [0.1, 0.15) is 35.1 Å². The zero-order valence-corrected chi connectivity index (χ0v) is 21.2. The van der Waals surface area contributed by atoms with Crippen molar-refractivity contribution in [1.29, 1.82) is 0 Å². The monoisotopic (exact) mass is 503 g/mol. The van der Waals surface area contributed by atoms with Gasteiger partial charge in [-0.2, -0.15) is 9.90 Å². The number of hydrogen-bond acceptors (Lipinski definition) is 5. The number of rotatable bonds is 9. The van der Waals surface area contributed by atoms with Gasteiger partial charge in [-0.05, 0) is 30.5 Å². The van der Waals surface area contributed by atoms with Gasteiger partial charge in [0, 0.05) is 14.7 Å². The molecule has 3 rings (SSSR count). The van der Waals surface area contributed by atoms with Crippen LogP contribution < -0.4 is 0 Å². The highest BCUT2D eigenvalue weighted by atomic mass is 79.9. The summed E-state index contributed by atoms with van der Waals surface area (Å²) in [6, 6.07) is 11.3. The van der Waals surface area contributed by atoms with E-state index in [0.717, 1.165) is 17.2 Å². The molecule has 0 fully saturated rings. The van der Waals surface area contributed by atoms with E-state index < -0.39 is 18.4 Å². The summed E-state index contributed by atoms with van der Waals surface area (Å²) in [5, 5.41) is 9.00. The minimum atomic E-state index is -1.18. The Balaban J connectivity index is 1.80. The summed E-state index contributed by atoms with van der Waals surface area (Å²) in [5.41, 5.74) is 3.04. The van der Waals surface area contributed by atoms with Crippen molar-refractivity contribution in [3.8, 4) is 0 Å². The van der Waals surface area contributed by atoms with Gasteiger partial charge in [0.2, 0.25) is 0 Å². The number of halogens is 1.